The summed E-state index contributed by atoms with van der Waals surface area (Å²) in [5.74, 6) is 5.43. The second kappa shape index (κ2) is 5.89. The van der Waals surface area contributed by atoms with Crippen LogP contribution in [0.5, 0.6) is 0 Å². The third kappa shape index (κ3) is 2.68. The smallest absolute Gasteiger partial charge is 0.123 e. The van der Waals surface area contributed by atoms with Gasteiger partial charge in [-0.2, -0.15) is 0 Å². The van der Waals surface area contributed by atoms with Crippen molar-refractivity contribution in [2.24, 2.45) is 5.84 Å². The molecule has 3 N–H and O–H groups in total. The highest BCUT2D eigenvalue weighted by Crippen LogP contribution is 2.32. The number of nitrogens with two attached hydrogens (primary N) is 1. The van der Waals surface area contributed by atoms with Gasteiger partial charge in [-0.1, -0.05) is 34.1 Å². The summed E-state index contributed by atoms with van der Waals surface area (Å²) in [7, 11) is 0. The summed E-state index contributed by atoms with van der Waals surface area (Å²) in [6, 6.07) is 13.9. The van der Waals surface area contributed by atoms with Crippen molar-refractivity contribution in [2.45, 2.75) is 6.04 Å². The quantitative estimate of drug-likeness (QED) is 0.562. The number of halogens is 2. The Kier molecular flexibility index (Phi) is 3.96. The van der Waals surface area contributed by atoms with Gasteiger partial charge < -0.3 is 0 Å². The molecule has 0 fully saturated rings. The number of hydrogen-bond acceptors (Lipinski definition) is 3. The lowest BCUT2D eigenvalue weighted by atomic mass is 9.95. The van der Waals surface area contributed by atoms with Crippen molar-refractivity contribution < 1.29 is 4.39 Å². The summed E-state index contributed by atoms with van der Waals surface area (Å²) in [6.07, 6.45) is 1.75. The van der Waals surface area contributed by atoms with Gasteiger partial charge in [-0.15, -0.1) is 0 Å². The van der Waals surface area contributed by atoms with Crippen molar-refractivity contribution in [3.05, 3.63) is 76.1 Å². The van der Waals surface area contributed by atoms with Crippen molar-refractivity contribution in [1.29, 1.82) is 0 Å². The van der Waals surface area contributed by atoms with Crippen molar-refractivity contribution in [3.63, 3.8) is 0 Å². The van der Waals surface area contributed by atoms with Crippen LogP contribution in [0.1, 0.15) is 17.2 Å². The van der Waals surface area contributed by atoms with E-state index in [1.165, 1.54) is 12.1 Å². The van der Waals surface area contributed by atoms with Crippen LogP contribution in [0.15, 0.2) is 59.2 Å². The van der Waals surface area contributed by atoms with Crippen LogP contribution >= 0.6 is 15.9 Å². The van der Waals surface area contributed by atoms with Gasteiger partial charge in [0.25, 0.3) is 0 Å². The number of aromatic nitrogens is 1. The van der Waals surface area contributed by atoms with Crippen molar-refractivity contribution in [3.8, 4) is 0 Å². The lowest BCUT2D eigenvalue weighted by Crippen LogP contribution is -2.29. The Balaban J connectivity index is 2.21. The summed E-state index contributed by atoms with van der Waals surface area (Å²) in [4.78, 5) is 4.34. The molecule has 0 spiro atoms. The molecule has 5 heteroatoms. The standard InChI is InChI=1S/C16H13BrFN3/c17-14-7-6-10(18)9-13(14)16(21-19)12-3-1-5-15-11(12)4-2-8-20-15/h1-9,16,21H,19H2. The van der Waals surface area contributed by atoms with Crippen LogP contribution in [0.4, 0.5) is 4.39 Å². The van der Waals surface area contributed by atoms with Crippen LogP contribution in [0.25, 0.3) is 10.9 Å². The molecule has 106 valence electrons. The topological polar surface area (TPSA) is 50.9 Å². The van der Waals surface area contributed by atoms with Crippen LogP contribution in [-0.4, -0.2) is 4.98 Å². The maximum absolute atomic E-state index is 13.6. The molecule has 0 bridgehead atoms. The number of rotatable bonds is 3. The highest BCUT2D eigenvalue weighted by atomic mass is 79.9. The fraction of sp³-hybridized carbons (Fsp3) is 0.0625. The fourth-order valence-electron chi connectivity index (χ4n) is 2.46. The summed E-state index contributed by atoms with van der Waals surface area (Å²) < 4.78 is 14.4. The van der Waals surface area contributed by atoms with Gasteiger partial charge in [-0.25, -0.2) is 9.82 Å². The Hall–Kier alpha value is -1.82. The number of pyridine rings is 1. The molecule has 3 rings (SSSR count). The monoisotopic (exact) mass is 345 g/mol. The molecule has 0 aliphatic rings. The Bertz CT molecular complexity index is 786. The van der Waals surface area contributed by atoms with E-state index in [0.717, 1.165) is 26.5 Å². The summed E-state index contributed by atoms with van der Waals surface area (Å²) in [5, 5.41) is 0.985. The third-order valence-corrected chi connectivity index (χ3v) is 4.15. The minimum Gasteiger partial charge on any atom is -0.271 e. The minimum absolute atomic E-state index is 0.299. The van der Waals surface area contributed by atoms with E-state index in [1.54, 1.807) is 12.3 Å². The number of benzene rings is 2. The highest BCUT2D eigenvalue weighted by Gasteiger charge is 2.18. The third-order valence-electron chi connectivity index (χ3n) is 3.43. The Morgan fingerprint density at radius 3 is 2.76 bits per heavy atom. The van der Waals surface area contributed by atoms with Crippen molar-refractivity contribution in [1.82, 2.24) is 10.4 Å². The van der Waals surface area contributed by atoms with Crippen LogP contribution in [0.3, 0.4) is 0 Å². The van der Waals surface area contributed by atoms with Crippen LogP contribution < -0.4 is 11.3 Å². The van der Waals surface area contributed by atoms with Gasteiger partial charge in [0, 0.05) is 16.1 Å². The van der Waals surface area contributed by atoms with E-state index in [0.29, 0.717) is 0 Å². The Morgan fingerprint density at radius 1 is 1.10 bits per heavy atom. The average molecular weight is 346 g/mol. The highest BCUT2D eigenvalue weighted by molar-refractivity contribution is 9.10. The first kappa shape index (κ1) is 14.1. The molecule has 3 aromatic rings. The molecule has 0 amide bonds. The number of fused-ring (bicyclic) bond motifs is 1. The summed E-state index contributed by atoms with van der Waals surface area (Å²) >= 11 is 3.46. The second-order valence-corrected chi connectivity index (χ2v) is 5.54. The molecule has 0 radical (unpaired) electrons. The molecule has 0 aliphatic carbocycles. The zero-order chi connectivity index (χ0) is 14.8. The van der Waals surface area contributed by atoms with Gasteiger partial charge in [-0.05, 0) is 41.5 Å². The Labute approximate surface area is 130 Å². The largest absolute Gasteiger partial charge is 0.271 e. The Morgan fingerprint density at radius 2 is 1.95 bits per heavy atom. The molecule has 21 heavy (non-hydrogen) atoms. The second-order valence-electron chi connectivity index (χ2n) is 4.68. The van der Waals surface area contributed by atoms with E-state index in [2.05, 4.69) is 26.3 Å². The van der Waals surface area contributed by atoms with Crippen molar-refractivity contribution >= 4 is 26.8 Å². The van der Waals surface area contributed by atoms with E-state index in [4.69, 9.17) is 5.84 Å². The normalized spacial score (nSPS) is 12.5. The molecule has 1 heterocycles. The van der Waals surface area contributed by atoms with Crippen molar-refractivity contribution in [2.75, 3.05) is 0 Å². The summed E-state index contributed by atoms with van der Waals surface area (Å²) in [5.41, 5.74) is 5.35. The van der Waals surface area contributed by atoms with Gasteiger partial charge in [0.1, 0.15) is 5.82 Å². The van der Waals surface area contributed by atoms with Crippen LogP contribution in [-0.2, 0) is 0 Å². The lowest BCUT2D eigenvalue weighted by molar-refractivity contribution is 0.605. The van der Waals surface area contributed by atoms with Gasteiger partial charge in [0.15, 0.2) is 0 Å². The molecule has 1 atom stereocenters. The van der Waals surface area contributed by atoms with Gasteiger partial charge in [0.05, 0.1) is 11.6 Å². The summed E-state index contributed by atoms with van der Waals surface area (Å²) in [6.45, 7) is 0. The molecule has 1 aromatic heterocycles. The maximum atomic E-state index is 13.6. The minimum atomic E-state index is -0.331. The molecule has 0 saturated carbocycles. The first-order valence-corrected chi connectivity index (χ1v) is 7.24. The predicted molar refractivity (Wildman–Crippen MR) is 85.0 cm³/mol. The fourth-order valence-corrected chi connectivity index (χ4v) is 2.94. The van der Waals surface area contributed by atoms with E-state index in [1.807, 2.05) is 30.3 Å². The number of nitrogens with zero attached hydrogens (tertiary/aromatic N) is 1. The molecular weight excluding hydrogens is 333 g/mol. The van der Waals surface area contributed by atoms with Gasteiger partial charge in [0.2, 0.25) is 0 Å². The number of hydrazine groups is 1. The van der Waals surface area contributed by atoms with E-state index >= 15 is 0 Å². The van der Waals surface area contributed by atoms with Gasteiger partial charge in [-0.3, -0.25) is 10.8 Å². The van der Waals surface area contributed by atoms with E-state index in [9.17, 15) is 4.39 Å². The number of hydrogen-bond donors (Lipinski definition) is 2. The zero-order valence-electron chi connectivity index (χ0n) is 11.1. The zero-order valence-corrected chi connectivity index (χ0v) is 12.6. The SMILES string of the molecule is NNC(c1cc(F)ccc1Br)c1cccc2ncccc12. The maximum Gasteiger partial charge on any atom is 0.123 e. The van der Waals surface area contributed by atoms with Gasteiger partial charge >= 0.3 is 0 Å². The molecular formula is C16H13BrFN3. The van der Waals surface area contributed by atoms with E-state index < -0.39 is 0 Å². The molecule has 3 nitrogen and oxygen atoms in total. The lowest BCUT2D eigenvalue weighted by Gasteiger charge is -2.20. The first-order chi connectivity index (χ1) is 10.2. The van der Waals surface area contributed by atoms with Crippen LogP contribution in [0, 0.1) is 5.82 Å². The first-order valence-electron chi connectivity index (χ1n) is 6.45. The average Bonchev–Trinajstić information content (AvgIpc) is 2.51. The van der Waals surface area contributed by atoms with Crippen LogP contribution in [0.2, 0.25) is 0 Å². The molecule has 0 aliphatic heterocycles. The molecule has 1 unspecified atom stereocenters. The number of nitrogens with one attached hydrogen (secondary N) is 1. The molecule has 0 saturated heterocycles. The van der Waals surface area contributed by atoms with E-state index in [-0.39, 0.29) is 11.9 Å². The predicted octanol–water partition coefficient (Wildman–Crippen LogP) is 3.69. The molecule has 2 aromatic carbocycles.